The summed E-state index contributed by atoms with van der Waals surface area (Å²) in [6, 6.07) is 25.6. The van der Waals surface area contributed by atoms with Crippen molar-refractivity contribution in [3.8, 4) is 0 Å². The third-order valence-electron chi connectivity index (χ3n) is 4.10. The molecule has 0 heterocycles. The summed E-state index contributed by atoms with van der Waals surface area (Å²) >= 11 is 6.50. The zero-order valence-corrected chi connectivity index (χ0v) is 16.5. The molecule has 0 spiro atoms. The maximum absolute atomic E-state index is 13.3. The first kappa shape index (κ1) is 19.2. The predicted octanol–water partition coefficient (Wildman–Crippen LogP) is 5.42. The van der Waals surface area contributed by atoms with Crippen LogP contribution in [0.5, 0.6) is 0 Å². The Balaban J connectivity index is 2.04. The minimum Gasteiger partial charge on any atom is -0.251 e. The fraction of sp³-hybridized carbons (Fsp3) is 0.0909. The van der Waals surface area contributed by atoms with E-state index < -0.39 is 10.0 Å². The van der Waals surface area contributed by atoms with Gasteiger partial charge in [-0.15, -0.1) is 0 Å². The fourth-order valence-electron chi connectivity index (χ4n) is 2.62. The lowest BCUT2D eigenvalue weighted by atomic mass is 10.2. The second kappa shape index (κ2) is 8.42. The Hall–Kier alpha value is -2.56. The van der Waals surface area contributed by atoms with Gasteiger partial charge in [0.1, 0.15) is 5.16 Å². The largest absolute Gasteiger partial charge is 0.265 e. The van der Waals surface area contributed by atoms with Crippen molar-refractivity contribution in [1.82, 2.24) is 4.31 Å². The average molecular weight is 398 g/mol. The quantitative estimate of drug-likeness (QED) is 0.520. The van der Waals surface area contributed by atoms with E-state index in [0.717, 1.165) is 16.7 Å². The van der Waals surface area contributed by atoms with Gasteiger partial charge in [-0.2, -0.15) is 0 Å². The molecular weight excluding hydrogens is 378 g/mol. The van der Waals surface area contributed by atoms with Gasteiger partial charge in [0.25, 0.3) is 10.0 Å². The Labute approximate surface area is 165 Å². The summed E-state index contributed by atoms with van der Waals surface area (Å²) in [7, 11) is -3.80. The lowest BCUT2D eigenvalue weighted by Gasteiger charge is -2.24. The lowest BCUT2D eigenvalue weighted by Crippen LogP contribution is -2.28. The molecule has 0 radical (unpaired) electrons. The van der Waals surface area contributed by atoms with Crippen LogP contribution in [0, 0.1) is 6.92 Å². The van der Waals surface area contributed by atoms with Crippen LogP contribution in [-0.4, -0.2) is 12.7 Å². The van der Waals surface area contributed by atoms with Gasteiger partial charge in [-0.05, 0) is 36.3 Å². The summed E-state index contributed by atoms with van der Waals surface area (Å²) in [5.74, 6) is 0. The minimum atomic E-state index is -3.80. The van der Waals surface area contributed by atoms with Crippen LogP contribution >= 0.6 is 11.6 Å². The average Bonchev–Trinajstić information content (AvgIpc) is 2.68. The summed E-state index contributed by atoms with van der Waals surface area (Å²) in [5.41, 5.74) is 2.68. The van der Waals surface area contributed by atoms with Crippen LogP contribution in [0.3, 0.4) is 0 Å². The standard InChI is InChI=1S/C22H20ClNO2S/c1-18-12-14-21(15-13-18)27(25,26)24(17-20-10-6-3-7-11-20)22(23)16-19-8-4-2-5-9-19/h2-16H,17H2,1H3/b22-16-. The van der Waals surface area contributed by atoms with Crippen LogP contribution < -0.4 is 0 Å². The molecule has 0 saturated heterocycles. The molecule has 27 heavy (non-hydrogen) atoms. The Kier molecular flexibility index (Phi) is 5.99. The molecule has 0 atom stereocenters. The molecule has 3 rings (SSSR count). The lowest BCUT2D eigenvalue weighted by molar-refractivity contribution is 0.489. The Morgan fingerprint density at radius 1 is 0.889 bits per heavy atom. The van der Waals surface area contributed by atoms with E-state index in [0.29, 0.717) is 0 Å². The van der Waals surface area contributed by atoms with Gasteiger partial charge in [0, 0.05) is 0 Å². The van der Waals surface area contributed by atoms with Crippen molar-refractivity contribution in [2.45, 2.75) is 18.4 Å². The van der Waals surface area contributed by atoms with Gasteiger partial charge in [0.2, 0.25) is 0 Å². The zero-order valence-electron chi connectivity index (χ0n) is 14.9. The van der Waals surface area contributed by atoms with Gasteiger partial charge in [0.15, 0.2) is 0 Å². The molecule has 3 aromatic rings. The van der Waals surface area contributed by atoms with E-state index in [1.165, 1.54) is 4.31 Å². The minimum absolute atomic E-state index is 0.144. The zero-order chi connectivity index (χ0) is 19.3. The first-order chi connectivity index (χ1) is 13.0. The molecule has 0 amide bonds. The van der Waals surface area contributed by atoms with Gasteiger partial charge in [-0.25, -0.2) is 8.42 Å². The van der Waals surface area contributed by atoms with E-state index >= 15 is 0 Å². The molecule has 0 unspecified atom stereocenters. The van der Waals surface area contributed by atoms with E-state index in [9.17, 15) is 8.42 Å². The second-order valence-corrected chi connectivity index (χ2v) is 8.44. The molecule has 5 heteroatoms. The van der Waals surface area contributed by atoms with E-state index in [4.69, 9.17) is 11.6 Å². The maximum atomic E-state index is 13.3. The van der Waals surface area contributed by atoms with Crippen LogP contribution in [0.15, 0.2) is 95.0 Å². The second-order valence-electron chi connectivity index (χ2n) is 6.19. The van der Waals surface area contributed by atoms with Gasteiger partial charge in [0.05, 0.1) is 11.4 Å². The molecule has 138 valence electrons. The number of hydrogen-bond donors (Lipinski definition) is 0. The van der Waals surface area contributed by atoms with Crippen molar-refractivity contribution in [3.63, 3.8) is 0 Å². The summed E-state index contributed by atoms with van der Waals surface area (Å²) in [6.07, 6.45) is 1.66. The molecular formula is C22H20ClNO2S. The van der Waals surface area contributed by atoms with Gasteiger partial charge in [-0.3, -0.25) is 4.31 Å². The molecule has 0 aliphatic carbocycles. The molecule has 0 N–H and O–H groups in total. The summed E-state index contributed by atoms with van der Waals surface area (Å²) in [4.78, 5) is 0.212. The highest BCUT2D eigenvalue weighted by molar-refractivity contribution is 7.89. The Bertz CT molecular complexity index is 1010. The third kappa shape index (κ3) is 4.79. The Morgan fingerprint density at radius 2 is 1.44 bits per heavy atom. The van der Waals surface area contributed by atoms with Crippen molar-refractivity contribution in [3.05, 3.63) is 107 Å². The predicted molar refractivity (Wildman–Crippen MR) is 111 cm³/mol. The summed E-state index contributed by atoms with van der Waals surface area (Å²) in [6.45, 7) is 2.07. The Morgan fingerprint density at radius 3 is 2.04 bits per heavy atom. The van der Waals surface area contributed by atoms with Gasteiger partial charge in [-0.1, -0.05) is 90.0 Å². The number of aryl methyl sites for hydroxylation is 1. The van der Waals surface area contributed by atoms with E-state index in [2.05, 4.69) is 0 Å². The van der Waals surface area contributed by atoms with Gasteiger partial charge >= 0.3 is 0 Å². The number of halogens is 1. The molecule has 0 aliphatic heterocycles. The summed E-state index contributed by atoms with van der Waals surface area (Å²) in [5, 5.41) is 0.144. The highest BCUT2D eigenvalue weighted by atomic mass is 35.5. The number of rotatable bonds is 6. The maximum Gasteiger partial charge on any atom is 0.265 e. The van der Waals surface area contributed by atoms with Gasteiger partial charge < -0.3 is 0 Å². The summed E-state index contributed by atoms with van der Waals surface area (Å²) < 4.78 is 27.8. The van der Waals surface area contributed by atoms with Crippen LogP contribution in [0.4, 0.5) is 0 Å². The normalized spacial score (nSPS) is 12.0. The smallest absolute Gasteiger partial charge is 0.251 e. The first-order valence-electron chi connectivity index (χ1n) is 8.52. The van der Waals surface area contributed by atoms with Crippen molar-refractivity contribution < 1.29 is 8.42 Å². The van der Waals surface area contributed by atoms with E-state index in [1.807, 2.05) is 67.6 Å². The van der Waals surface area contributed by atoms with Crippen molar-refractivity contribution in [2.75, 3.05) is 0 Å². The molecule has 0 bridgehead atoms. The van der Waals surface area contributed by atoms with E-state index in [1.54, 1.807) is 30.3 Å². The molecule has 3 aromatic carbocycles. The topological polar surface area (TPSA) is 37.4 Å². The van der Waals surface area contributed by atoms with Crippen LogP contribution in [0.25, 0.3) is 6.08 Å². The molecule has 0 fully saturated rings. The molecule has 3 nitrogen and oxygen atoms in total. The number of hydrogen-bond acceptors (Lipinski definition) is 2. The fourth-order valence-corrected chi connectivity index (χ4v) is 4.41. The highest BCUT2D eigenvalue weighted by Gasteiger charge is 2.26. The first-order valence-corrected chi connectivity index (χ1v) is 10.3. The van der Waals surface area contributed by atoms with Crippen LogP contribution in [0.1, 0.15) is 16.7 Å². The monoisotopic (exact) mass is 397 g/mol. The molecule has 0 aromatic heterocycles. The number of nitrogens with zero attached hydrogens (tertiary/aromatic N) is 1. The molecule has 0 saturated carbocycles. The van der Waals surface area contributed by atoms with Crippen molar-refractivity contribution in [2.24, 2.45) is 0 Å². The van der Waals surface area contributed by atoms with Crippen LogP contribution in [-0.2, 0) is 16.6 Å². The highest BCUT2D eigenvalue weighted by Crippen LogP contribution is 2.27. The van der Waals surface area contributed by atoms with Crippen molar-refractivity contribution >= 4 is 27.7 Å². The number of sulfonamides is 1. The van der Waals surface area contributed by atoms with Crippen LogP contribution in [0.2, 0.25) is 0 Å². The molecule has 0 aliphatic rings. The SMILES string of the molecule is Cc1ccc(S(=O)(=O)N(Cc2ccccc2)/C(Cl)=C\c2ccccc2)cc1. The third-order valence-corrected chi connectivity index (χ3v) is 6.29. The number of benzene rings is 3. The van der Waals surface area contributed by atoms with E-state index in [-0.39, 0.29) is 16.6 Å². The van der Waals surface area contributed by atoms with Crippen molar-refractivity contribution in [1.29, 1.82) is 0 Å².